The van der Waals surface area contributed by atoms with Crippen LogP contribution in [-0.2, 0) is 17.8 Å². The van der Waals surface area contributed by atoms with Gasteiger partial charge < -0.3 is 5.32 Å². The quantitative estimate of drug-likeness (QED) is 0.760. The second-order valence-electron chi connectivity index (χ2n) is 8.85. The van der Waals surface area contributed by atoms with Crippen molar-refractivity contribution in [2.45, 2.75) is 77.8 Å². The van der Waals surface area contributed by atoms with Crippen molar-refractivity contribution in [2.24, 2.45) is 23.2 Å². The second kappa shape index (κ2) is 6.53. The lowest BCUT2D eigenvalue weighted by atomic mass is 9.48. The average Bonchev–Trinajstić information content (AvgIpc) is 2.87. The fraction of sp³-hybridized carbons (Fsp3) is 0.842. The van der Waals surface area contributed by atoms with Gasteiger partial charge in [-0.15, -0.1) is 0 Å². The Hall–Kier alpha value is -1.17. The van der Waals surface area contributed by atoms with Gasteiger partial charge in [-0.1, -0.05) is 6.92 Å². The van der Waals surface area contributed by atoms with E-state index in [-0.39, 0.29) is 18.5 Å². The van der Waals surface area contributed by atoms with Crippen molar-refractivity contribution in [1.82, 2.24) is 20.1 Å². The van der Waals surface area contributed by atoms with Gasteiger partial charge in [0.25, 0.3) is 0 Å². The van der Waals surface area contributed by atoms with E-state index >= 15 is 0 Å². The molecule has 25 heavy (non-hydrogen) atoms. The summed E-state index contributed by atoms with van der Waals surface area (Å²) in [6.07, 6.45) is 10.1. The summed E-state index contributed by atoms with van der Waals surface area (Å²) in [6, 6.07) is 0.254. The number of aromatic nitrogens is 3. The number of nitrogens with one attached hydrogen (secondary N) is 2. The number of aryl methyl sites for hydroxylation is 1. The summed E-state index contributed by atoms with van der Waals surface area (Å²) in [7, 11) is 0. The largest absolute Gasteiger partial charge is 0.352 e. The van der Waals surface area contributed by atoms with Crippen molar-refractivity contribution in [2.75, 3.05) is 0 Å². The molecule has 5 nitrogen and oxygen atoms in total. The lowest BCUT2D eigenvalue weighted by Gasteiger charge is -2.59. The van der Waals surface area contributed by atoms with Crippen LogP contribution in [0.15, 0.2) is 0 Å². The molecule has 4 aliphatic rings. The van der Waals surface area contributed by atoms with E-state index in [1.54, 1.807) is 0 Å². The predicted molar refractivity (Wildman–Crippen MR) is 99.6 cm³/mol. The molecule has 6 heteroatoms. The Morgan fingerprint density at radius 3 is 2.48 bits per heavy atom. The monoisotopic (exact) mass is 362 g/mol. The van der Waals surface area contributed by atoms with E-state index < -0.39 is 0 Å². The summed E-state index contributed by atoms with van der Waals surface area (Å²) in [5, 5.41) is 10.4. The van der Waals surface area contributed by atoms with Crippen LogP contribution in [0.5, 0.6) is 0 Å². The lowest BCUT2D eigenvalue weighted by molar-refractivity contribution is -0.126. The Morgan fingerprint density at radius 1 is 1.32 bits per heavy atom. The molecule has 1 amide bonds. The molecule has 0 radical (unpaired) electrons. The Kier molecular flexibility index (Phi) is 4.50. The number of carbonyl (C=O) groups is 1. The number of hydrogen-bond acceptors (Lipinski definition) is 3. The van der Waals surface area contributed by atoms with Gasteiger partial charge in [0.15, 0.2) is 4.77 Å². The summed E-state index contributed by atoms with van der Waals surface area (Å²) < 4.78 is 2.39. The third kappa shape index (κ3) is 3.18. The van der Waals surface area contributed by atoms with Crippen molar-refractivity contribution < 1.29 is 4.79 Å². The molecule has 0 unspecified atom stereocenters. The molecule has 0 aliphatic heterocycles. The fourth-order valence-corrected chi connectivity index (χ4v) is 6.44. The third-order valence-electron chi connectivity index (χ3n) is 6.99. The first-order valence-corrected chi connectivity index (χ1v) is 10.3. The Morgan fingerprint density at radius 2 is 1.92 bits per heavy atom. The molecular formula is C19H30N4OS. The number of aromatic amines is 1. The highest BCUT2D eigenvalue weighted by atomic mass is 32.1. The van der Waals surface area contributed by atoms with Crippen LogP contribution in [-0.4, -0.2) is 26.7 Å². The highest BCUT2D eigenvalue weighted by Gasteiger charge is 2.53. The standard InChI is InChI=1S/C19H30N4OS/c1-3-4-16-21-22-18(25)23(16)11-17(24)20-12(2)19-8-13-5-14(9-19)7-15(6-13)10-19/h12-15H,3-11H2,1-2H3,(H,20,24)(H,22,25)/t12-,13?,14?,15?,19?/m0/s1. The number of H-pyrrole nitrogens is 1. The van der Waals surface area contributed by atoms with Crippen LogP contribution >= 0.6 is 12.2 Å². The maximum absolute atomic E-state index is 12.7. The van der Waals surface area contributed by atoms with E-state index in [1.165, 1.54) is 38.5 Å². The number of hydrogen-bond donors (Lipinski definition) is 2. The molecule has 4 bridgehead atoms. The first kappa shape index (κ1) is 17.3. The highest BCUT2D eigenvalue weighted by Crippen LogP contribution is 2.61. The van der Waals surface area contributed by atoms with Crippen molar-refractivity contribution in [3.8, 4) is 0 Å². The summed E-state index contributed by atoms with van der Waals surface area (Å²) in [4.78, 5) is 12.7. The first-order valence-electron chi connectivity index (χ1n) is 9.92. The number of amides is 1. The second-order valence-corrected chi connectivity index (χ2v) is 9.24. The van der Waals surface area contributed by atoms with Crippen LogP contribution in [0.2, 0.25) is 0 Å². The van der Waals surface area contributed by atoms with Gasteiger partial charge in [-0.3, -0.25) is 14.5 Å². The molecule has 0 spiro atoms. The zero-order valence-electron chi connectivity index (χ0n) is 15.4. The molecule has 2 N–H and O–H groups in total. The molecule has 4 saturated carbocycles. The zero-order valence-corrected chi connectivity index (χ0v) is 16.2. The zero-order chi connectivity index (χ0) is 17.6. The number of rotatable bonds is 6. The van der Waals surface area contributed by atoms with Gasteiger partial charge in [-0.25, -0.2) is 0 Å². The van der Waals surface area contributed by atoms with Crippen molar-refractivity contribution >= 4 is 18.1 Å². The van der Waals surface area contributed by atoms with Crippen LogP contribution in [0.3, 0.4) is 0 Å². The van der Waals surface area contributed by atoms with Gasteiger partial charge in [-0.2, -0.15) is 5.10 Å². The van der Waals surface area contributed by atoms with Gasteiger partial charge in [0.2, 0.25) is 5.91 Å². The first-order chi connectivity index (χ1) is 12.0. The Bertz CT molecular complexity index is 671. The SMILES string of the molecule is CCCc1n[nH]c(=S)n1CC(=O)N[C@@H](C)C12CC3CC(CC(C3)C1)C2. The topological polar surface area (TPSA) is 62.7 Å². The summed E-state index contributed by atoms with van der Waals surface area (Å²) in [6.45, 7) is 4.62. The van der Waals surface area contributed by atoms with Crippen LogP contribution in [0.4, 0.5) is 0 Å². The highest BCUT2D eigenvalue weighted by molar-refractivity contribution is 7.71. The third-order valence-corrected chi connectivity index (χ3v) is 7.31. The van der Waals surface area contributed by atoms with Crippen LogP contribution < -0.4 is 5.32 Å². The minimum absolute atomic E-state index is 0.0677. The normalized spacial score (nSPS) is 34.2. The maximum Gasteiger partial charge on any atom is 0.240 e. The van der Waals surface area contributed by atoms with Crippen LogP contribution in [0.25, 0.3) is 0 Å². The molecule has 138 valence electrons. The summed E-state index contributed by atoms with van der Waals surface area (Å²) in [5.41, 5.74) is 0.342. The van der Waals surface area contributed by atoms with E-state index in [9.17, 15) is 4.79 Å². The molecule has 0 aromatic carbocycles. The van der Waals surface area contributed by atoms with Gasteiger partial charge in [-0.05, 0) is 87.3 Å². The van der Waals surface area contributed by atoms with E-state index in [1.807, 2.05) is 4.57 Å². The van der Waals surface area contributed by atoms with E-state index in [0.717, 1.165) is 36.4 Å². The minimum atomic E-state index is 0.0677. The molecule has 4 fully saturated rings. The number of nitrogens with zero attached hydrogens (tertiary/aromatic N) is 2. The molecule has 1 aromatic heterocycles. The molecule has 5 rings (SSSR count). The summed E-state index contributed by atoms with van der Waals surface area (Å²) >= 11 is 5.30. The van der Waals surface area contributed by atoms with E-state index in [2.05, 4.69) is 29.4 Å². The van der Waals surface area contributed by atoms with Gasteiger partial charge in [0, 0.05) is 12.5 Å². The molecule has 1 aromatic rings. The molecule has 4 aliphatic carbocycles. The van der Waals surface area contributed by atoms with Gasteiger partial charge in [0.1, 0.15) is 12.4 Å². The van der Waals surface area contributed by atoms with Crippen LogP contribution in [0.1, 0.15) is 64.6 Å². The molecule has 1 heterocycles. The molecular weight excluding hydrogens is 332 g/mol. The minimum Gasteiger partial charge on any atom is -0.352 e. The van der Waals surface area contributed by atoms with E-state index in [0.29, 0.717) is 10.2 Å². The predicted octanol–water partition coefficient (Wildman–Crippen LogP) is 3.61. The fourth-order valence-electron chi connectivity index (χ4n) is 6.22. The van der Waals surface area contributed by atoms with E-state index in [4.69, 9.17) is 12.2 Å². The summed E-state index contributed by atoms with van der Waals surface area (Å²) in [5.74, 6) is 3.67. The Labute approximate surface area is 155 Å². The van der Waals surface area contributed by atoms with Crippen molar-refractivity contribution in [1.29, 1.82) is 0 Å². The Balaban J connectivity index is 1.43. The van der Waals surface area contributed by atoms with Crippen LogP contribution in [0, 0.1) is 27.9 Å². The van der Waals surface area contributed by atoms with Gasteiger partial charge >= 0.3 is 0 Å². The molecule has 1 atom stereocenters. The number of carbonyl (C=O) groups excluding carboxylic acids is 1. The maximum atomic E-state index is 12.7. The average molecular weight is 363 g/mol. The smallest absolute Gasteiger partial charge is 0.240 e. The van der Waals surface area contributed by atoms with Crippen molar-refractivity contribution in [3.05, 3.63) is 10.6 Å². The van der Waals surface area contributed by atoms with Gasteiger partial charge in [0.05, 0.1) is 0 Å². The van der Waals surface area contributed by atoms with Crippen molar-refractivity contribution in [3.63, 3.8) is 0 Å². The lowest BCUT2D eigenvalue weighted by Crippen LogP contribution is -2.56. The molecule has 0 saturated heterocycles.